The number of halogens is 2. The maximum Gasteiger partial charge on any atom is 0.314 e. The number of anilines is 3. The first-order valence-electron chi connectivity index (χ1n) is 8.21. The number of nitrogens with one attached hydrogen (secondary N) is 2. The SMILES string of the molecule is Cc1cc(N[S+](=O)(O)C2CC2CO)c(Nc2ccc(F)cc2F)n(C)c1=O. The highest BCUT2D eigenvalue weighted by atomic mass is 32.3. The molecule has 7 nitrogen and oxygen atoms in total. The molecule has 146 valence electrons. The Labute approximate surface area is 155 Å². The van der Waals surface area contributed by atoms with E-state index in [2.05, 4.69) is 10.0 Å². The van der Waals surface area contributed by atoms with Crippen LogP contribution in [0.2, 0.25) is 0 Å². The predicted molar refractivity (Wildman–Crippen MR) is 99.3 cm³/mol. The minimum atomic E-state index is -3.55. The number of nitrogens with zero attached hydrogens (tertiary/aromatic N) is 1. The topological polar surface area (TPSA) is 104 Å². The van der Waals surface area contributed by atoms with E-state index < -0.39 is 27.3 Å². The molecule has 4 N–H and O–H groups in total. The van der Waals surface area contributed by atoms with Gasteiger partial charge in [-0.05, 0) is 29.3 Å². The second-order valence-electron chi connectivity index (χ2n) is 6.59. The van der Waals surface area contributed by atoms with Crippen molar-refractivity contribution in [2.75, 3.05) is 16.6 Å². The fraction of sp³-hybridized carbons (Fsp3) is 0.353. The van der Waals surface area contributed by atoms with Crippen LogP contribution in [0.4, 0.5) is 26.0 Å². The van der Waals surface area contributed by atoms with Crippen molar-refractivity contribution in [1.82, 2.24) is 4.57 Å². The Balaban J connectivity index is 2.01. The van der Waals surface area contributed by atoms with Gasteiger partial charge in [-0.15, -0.1) is 0 Å². The number of hydrogen-bond donors (Lipinski definition) is 4. The average molecular weight is 400 g/mol. The summed E-state index contributed by atoms with van der Waals surface area (Å²) in [5.41, 5.74) is -0.0405. The predicted octanol–water partition coefficient (Wildman–Crippen LogP) is 2.40. The van der Waals surface area contributed by atoms with Gasteiger partial charge in [0.2, 0.25) is 0 Å². The van der Waals surface area contributed by atoms with E-state index in [1.54, 1.807) is 6.92 Å². The lowest BCUT2D eigenvalue weighted by Crippen LogP contribution is -2.30. The van der Waals surface area contributed by atoms with Crippen molar-refractivity contribution in [3.05, 3.63) is 51.8 Å². The quantitative estimate of drug-likeness (QED) is 0.558. The van der Waals surface area contributed by atoms with Gasteiger partial charge in [-0.2, -0.15) is 9.27 Å². The first kappa shape index (κ1) is 19.5. The molecule has 0 spiro atoms. The molecule has 1 aliphatic rings. The van der Waals surface area contributed by atoms with Crippen molar-refractivity contribution in [3.8, 4) is 0 Å². The van der Waals surface area contributed by atoms with E-state index in [0.29, 0.717) is 18.1 Å². The van der Waals surface area contributed by atoms with E-state index >= 15 is 0 Å². The van der Waals surface area contributed by atoms with Crippen molar-refractivity contribution in [1.29, 1.82) is 0 Å². The van der Waals surface area contributed by atoms with Crippen LogP contribution in [0.3, 0.4) is 0 Å². The number of hydrogen-bond acceptors (Lipinski definition) is 4. The third kappa shape index (κ3) is 3.87. The summed E-state index contributed by atoms with van der Waals surface area (Å²) in [6.07, 6.45) is 0.402. The largest absolute Gasteiger partial charge is 0.396 e. The number of aliphatic hydroxyl groups excluding tert-OH is 1. The molecule has 1 fully saturated rings. The van der Waals surface area contributed by atoms with E-state index in [4.69, 9.17) is 5.11 Å². The Kier molecular flexibility index (Phi) is 5.06. The van der Waals surface area contributed by atoms with Gasteiger partial charge in [0.25, 0.3) is 5.56 Å². The Morgan fingerprint density at radius 3 is 2.59 bits per heavy atom. The molecule has 0 saturated heterocycles. The Morgan fingerprint density at radius 1 is 1.30 bits per heavy atom. The number of pyridine rings is 1. The lowest BCUT2D eigenvalue weighted by atomic mass is 10.2. The molecular weight excluding hydrogens is 380 g/mol. The van der Waals surface area contributed by atoms with Crippen molar-refractivity contribution in [3.63, 3.8) is 0 Å². The van der Waals surface area contributed by atoms with Crippen molar-refractivity contribution in [2.24, 2.45) is 13.0 Å². The minimum Gasteiger partial charge on any atom is -0.396 e. The molecule has 27 heavy (non-hydrogen) atoms. The van der Waals surface area contributed by atoms with E-state index in [0.717, 1.165) is 12.1 Å². The molecule has 0 aliphatic heterocycles. The van der Waals surface area contributed by atoms with E-state index in [1.807, 2.05) is 0 Å². The molecule has 1 aromatic heterocycles. The summed E-state index contributed by atoms with van der Waals surface area (Å²) >= 11 is 0. The standard InChI is InChI=1S/C17H19F2N3O4S/c1-9-5-14(21-27(25,26)15-6-10(15)8-23)16(22(2)17(9)24)20-13-4-3-11(18)7-12(13)19/h3-5,7,10,15,23H,6,8H2,1-2H3,(H2-,20,21,24,25,26)/p+1. The second kappa shape index (κ2) is 7.02. The molecule has 1 aliphatic carbocycles. The van der Waals surface area contributed by atoms with Gasteiger partial charge in [0.15, 0.2) is 5.25 Å². The zero-order valence-electron chi connectivity index (χ0n) is 14.7. The Bertz CT molecular complexity index is 995. The smallest absolute Gasteiger partial charge is 0.314 e. The summed E-state index contributed by atoms with van der Waals surface area (Å²) in [5, 5.41) is 11.2. The summed E-state index contributed by atoms with van der Waals surface area (Å²) < 4.78 is 53.7. The zero-order chi connectivity index (χ0) is 19.9. The van der Waals surface area contributed by atoms with Gasteiger partial charge in [-0.1, -0.05) is 0 Å². The van der Waals surface area contributed by atoms with Crippen molar-refractivity contribution in [2.45, 2.75) is 18.6 Å². The first-order valence-corrected chi connectivity index (χ1v) is 9.78. The lowest BCUT2D eigenvalue weighted by Gasteiger charge is -2.18. The van der Waals surface area contributed by atoms with Crippen LogP contribution in [-0.2, 0) is 21.7 Å². The number of aromatic nitrogens is 1. The summed E-state index contributed by atoms with van der Waals surface area (Å²) in [6.45, 7) is 1.35. The van der Waals surface area contributed by atoms with Gasteiger partial charge in [0.1, 0.15) is 23.1 Å². The van der Waals surface area contributed by atoms with Crippen LogP contribution < -0.4 is 15.6 Å². The van der Waals surface area contributed by atoms with Crippen LogP contribution in [0.25, 0.3) is 0 Å². The van der Waals surface area contributed by atoms with Crippen molar-refractivity contribution < 1.29 is 22.6 Å². The monoisotopic (exact) mass is 400 g/mol. The summed E-state index contributed by atoms with van der Waals surface area (Å²) in [4.78, 5) is 12.3. The number of benzene rings is 1. The second-order valence-corrected chi connectivity index (χ2v) is 8.54. The van der Waals surface area contributed by atoms with E-state index in [-0.39, 0.29) is 35.3 Å². The molecule has 0 bridgehead atoms. The highest BCUT2D eigenvalue weighted by Gasteiger charge is 2.56. The van der Waals surface area contributed by atoms with Crippen LogP contribution in [0.1, 0.15) is 12.0 Å². The van der Waals surface area contributed by atoms with Gasteiger partial charge in [-0.3, -0.25) is 9.36 Å². The summed E-state index contributed by atoms with van der Waals surface area (Å²) in [6, 6.07) is 4.29. The van der Waals surface area contributed by atoms with Crippen LogP contribution in [0.5, 0.6) is 0 Å². The molecule has 0 amide bonds. The molecular formula is C17H20F2N3O4S+. The molecule has 3 rings (SSSR count). The normalized spacial score (nSPS) is 20.8. The molecule has 1 aromatic carbocycles. The maximum atomic E-state index is 14.0. The molecule has 1 saturated carbocycles. The maximum absolute atomic E-state index is 14.0. The minimum absolute atomic E-state index is 0.0547. The van der Waals surface area contributed by atoms with Gasteiger partial charge >= 0.3 is 10.4 Å². The van der Waals surface area contributed by atoms with Gasteiger partial charge < -0.3 is 10.4 Å². The Morgan fingerprint density at radius 2 is 2.00 bits per heavy atom. The molecule has 10 heteroatoms. The van der Waals surface area contributed by atoms with Crippen LogP contribution in [0.15, 0.2) is 29.1 Å². The Hall–Kier alpha value is -2.30. The van der Waals surface area contributed by atoms with Gasteiger partial charge in [-0.25, -0.2) is 8.78 Å². The highest BCUT2D eigenvalue weighted by Crippen LogP contribution is 2.41. The molecule has 3 atom stereocenters. The van der Waals surface area contributed by atoms with Crippen molar-refractivity contribution >= 4 is 27.6 Å². The molecule has 1 heterocycles. The fourth-order valence-electron chi connectivity index (χ4n) is 2.88. The lowest BCUT2D eigenvalue weighted by molar-refractivity contribution is 0.276. The fourth-order valence-corrected chi connectivity index (χ4v) is 4.62. The van der Waals surface area contributed by atoms with Gasteiger partial charge in [0, 0.05) is 31.0 Å². The summed E-state index contributed by atoms with van der Waals surface area (Å²) in [7, 11) is -2.12. The van der Waals surface area contributed by atoms with Crippen LogP contribution in [-0.4, -0.2) is 26.1 Å². The molecule has 3 unspecified atom stereocenters. The molecule has 2 aromatic rings. The van der Waals surface area contributed by atoms with E-state index in [9.17, 15) is 22.3 Å². The molecule has 0 radical (unpaired) electrons. The van der Waals surface area contributed by atoms with Gasteiger partial charge in [0.05, 0.1) is 12.3 Å². The third-order valence-corrected chi connectivity index (χ3v) is 6.45. The summed E-state index contributed by atoms with van der Waals surface area (Å²) in [5.74, 6) is -1.84. The third-order valence-electron chi connectivity index (χ3n) is 4.54. The van der Waals surface area contributed by atoms with E-state index in [1.165, 1.54) is 17.7 Å². The van der Waals surface area contributed by atoms with Crippen LogP contribution >= 0.6 is 0 Å². The average Bonchev–Trinajstić information content (AvgIpc) is 3.39. The van der Waals surface area contributed by atoms with Crippen LogP contribution in [0, 0.1) is 24.5 Å². The zero-order valence-corrected chi connectivity index (χ0v) is 15.5. The number of aryl methyl sites for hydroxylation is 1. The highest BCUT2D eigenvalue weighted by molar-refractivity contribution is 7.99. The number of rotatable bonds is 6. The number of aliphatic hydroxyl groups is 1. The first-order chi connectivity index (χ1) is 12.6.